The number of alkyl halides is 1. The van der Waals surface area contributed by atoms with Crippen molar-refractivity contribution < 1.29 is 8.42 Å². The van der Waals surface area contributed by atoms with Gasteiger partial charge in [-0.3, -0.25) is 0 Å². The number of halogens is 1. The lowest BCUT2D eigenvalue weighted by molar-refractivity contribution is 0.427. The zero-order valence-corrected chi connectivity index (χ0v) is 13.7. The third-order valence-corrected chi connectivity index (χ3v) is 6.01. The van der Waals surface area contributed by atoms with E-state index in [0.29, 0.717) is 0 Å². The van der Waals surface area contributed by atoms with Crippen LogP contribution in [0.5, 0.6) is 0 Å². The summed E-state index contributed by atoms with van der Waals surface area (Å²) >= 11 is 3.56. The van der Waals surface area contributed by atoms with Gasteiger partial charge in [0.1, 0.15) is 5.82 Å². The van der Waals surface area contributed by atoms with Gasteiger partial charge < -0.3 is 4.57 Å². The first-order valence-corrected chi connectivity index (χ1v) is 9.04. The highest BCUT2D eigenvalue weighted by atomic mass is 79.9. The third-order valence-electron chi connectivity index (χ3n) is 3.56. The smallest absolute Gasteiger partial charge is 0.259 e. The lowest BCUT2D eigenvalue weighted by Crippen LogP contribution is -2.42. The van der Waals surface area contributed by atoms with Gasteiger partial charge in [-0.05, 0) is 26.7 Å². The van der Waals surface area contributed by atoms with Crippen LogP contribution < -0.4 is 4.72 Å². The summed E-state index contributed by atoms with van der Waals surface area (Å²) in [6.45, 7) is 4.50. The van der Waals surface area contributed by atoms with E-state index in [0.717, 1.165) is 38.1 Å². The van der Waals surface area contributed by atoms with Gasteiger partial charge in [0.25, 0.3) is 10.0 Å². The normalized spacial score (nSPS) is 24.6. The molecule has 1 aliphatic carbocycles. The van der Waals surface area contributed by atoms with Gasteiger partial charge in [-0.1, -0.05) is 28.8 Å². The maximum atomic E-state index is 12.3. The number of sulfonamides is 1. The Bertz CT molecular complexity index is 541. The van der Waals surface area contributed by atoms with Crippen LogP contribution >= 0.6 is 15.9 Å². The van der Waals surface area contributed by atoms with Crippen LogP contribution in [0.25, 0.3) is 0 Å². The molecule has 1 fully saturated rings. The molecule has 2 rings (SSSR count). The fraction of sp³-hybridized carbons (Fsp3) is 0.750. The Balaban J connectivity index is 2.17. The molecule has 1 aliphatic rings. The number of nitrogens with zero attached hydrogens (tertiary/aromatic N) is 2. The molecule has 1 N–H and O–H groups in total. The zero-order valence-electron chi connectivity index (χ0n) is 11.3. The Hall–Kier alpha value is -0.400. The van der Waals surface area contributed by atoms with Crippen LogP contribution in [0.2, 0.25) is 0 Å². The van der Waals surface area contributed by atoms with E-state index in [1.165, 1.54) is 0 Å². The number of aryl methyl sites for hydroxylation is 2. The van der Waals surface area contributed by atoms with E-state index in [9.17, 15) is 8.42 Å². The minimum Gasteiger partial charge on any atom is -0.334 e. The van der Waals surface area contributed by atoms with Crippen LogP contribution in [-0.2, 0) is 16.6 Å². The molecule has 0 aliphatic heterocycles. The van der Waals surface area contributed by atoms with Crippen LogP contribution in [0.1, 0.15) is 38.4 Å². The average molecular weight is 350 g/mol. The highest BCUT2D eigenvalue weighted by Crippen LogP contribution is 2.25. The lowest BCUT2D eigenvalue weighted by atomic mass is 9.96. The third kappa shape index (κ3) is 3.38. The largest absolute Gasteiger partial charge is 0.334 e. The summed E-state index contributed by atoms with van der Waals surface area (Å²) in [4.78, 5) is 4.35. The molecular weight excluding hydrogens is 330 g/mol. The minimum absolute atomic E-state index is 0.0363. The van der Waals surface area contributed by atoms with E-state index in [-0.39, 0.29) is 15.9 Å². The molecule has 1 saturated carbocycles. The molecule has 0 radical (unpaired) electrons. The predicted molar refractivity (Wildman–Crippen MR) is 77.9 cm³/mol. The van der Waals surface area contributed by atoms with Crippen molar-refractivity contribution in [3.63, 3.8) is 0 Å². The summed E-state index contributed by atoms with van der Waals surface area (Å²) < 4.78 is 29.2. The van der Waals surface area contributed by atoms with Gasteiger partial charge in [-0.2, -0.15) is 0 Å². The first kappa shape index (κ1) is 15.0. The summed E-state index contributed by atoms with van der Waals surface area (Å²) in [5, 5.41) is 0.122. The van der Waals surface area contributed by atoms with Crippen LogP contribution in [0, 0.1) is 6.92 Å². The quantitative estimate of drug-likeness (QED) is 0.847. The van der Waals surface area contributed by atoms with Crippen molar-refractivity contribution in [2.24, 2.45) is 0 Å². The highest BCUT2D eigenvalue weighted by Gasteiger charge is 2.29. The number of hydrogen-bond donors (Lipinski definition) is 1. The molecule has 0 saturated heterocycles. The van der Waals surface area contributed by atoms with Crippen molar-refractivity contribution in [3.05, 3.63) is 12.0 Å². The number of imidazole rings is 1. The van der Waals surface area contributed by atoms with Gasteiger partial charge in [0.15, 0.2) is 5.03 Å². The fourth-order valence-electron chi connectivity index (χ4n) is 2.41. The van der Waals surface area contributed by atoms with Crippen LogP contribution in [0.3, 0.4) is 0 Å². The zero-order chi connectivity index (χ0) is 14.0. The molecule has 5 nitrogen and oxygen atoms in total. The molecule has 1 aromatic heterocycles. The van der Waals surface area contributed by atoms with Crippen LogP contribution in [0.15, 0.2) is 11.2 Å². The molecular formula is C12H20BrN3O2S. The van der Waals surface area contributed by atoms with Crippen molar-refractivity contribution in [2.45, 2.75) is 62.0 Å². The Morgan fingerprint density at radius 1 is 1.47 bits per heavy atom. The Morgan fingerprint density at radius 3 is 2.74 bits per heavy atom. The summed E-state index contributed by atoms with van der Waals surface area (Å²) in [5.74, 6) is 0.724. The molecule has 1 aromatic rings. The number of nitrogens with one attached hydrogen (secondary N) is 1. The molecule has 0 aromatic carbocycles. The van der Waals surface area contributed by atoms with Crippen molar-refractivity contribution in [1.82, 2.24) is 14.3 Å². The minimum atomic E-state index is -3.52. The first-order chi connectivity index (χ1) is 8.94. The van der Waals surface area contributed by atoms with Crippen molar-refractivity contribution >= 4 is 26.0 Å². The Morgan fingerprint density at radius 2 is 2.16 bits per heavy atom. The first-order valence-electron chi connectivity index (χ1n) is 6.64. The van der Waals surface area contributed by atoms with E-state index in [2.05, 4.69) is 25.6 Å². The number of rotatable bonds is 4. The van der Waals surface area contributed by atoms with Gasteiger partial charge in [0.2, 0.25) is 0 Å². The maximum Gasteiger partial charge on any atom is 0.259 e. The highest BCUT2D eigenvalue weighted by molar-refractivity contribution is 9.09. The maximum absolute atomic E-state index is 12.3. The fourth-order valence-corrected chi connectivity index (χ4v) is 4.62. The van der Waals surface area contributed by atoms with Crippen molar-refractivity contribution in [2.75, 3.05) is 0 Å². The molecule has 1 heterocycles. The van der Waals surface area contributed by atoms with E-state index in [1.54, 1.807) is 6.20 Å². The van der Waals surface area contributed by atoms with E-state index in [4.69, 9.17) is 0 Å². The summed E-state index contributed by atoms with van der Waals surface area (Å²) in [7, 11) is -3.52. The van der Waals surface area contributed by atoms with E-state index >= 15 is 0 Å². The van der Waals surface area contributed by atoms with Gasteiger partial charge in [-0.25, -0.2) is 18.1 Å². The summed E-state index contributed by atoms with van der Waals surface area (Å²) in [6, 6.07) is -0.0363. The lowest BCUT2D eigenvalue weighted by Gasteiger charge is -2.27. The molecule has 2 atom stereocenters. The molecule has 2 unspecified atom stereocenters. The van der Waals surface area contributed by atoms with Crippen molar-refractivity contribution in [1.29, 1.82) is 0 Å². The van der Waals surface area contributed by atoms with Gasteiger partial charge in [0.05, 0.1) is 0 Å². The summed E-state index contributed by atoms with van der Waals surface area (Å²) in [5.41, 5.74) is 0. The monoisotopic (exact) mass is 349 g/mol. The topological polar surface area (TPSA) is 64.0 Å². The molecule has 19 heavy (non-hydrogen) atoms. The Kier molecular flexibility index (Phi) is 4.68. The molecule has 7 heteroatoms. The van der Waals surface area contributed by atoms with E-state index < -0.39 is 10.0 Å². The molecule has 0 spiro atoms. The average Bonchev–Trinajstić information content (AvgIpc) is 2.74. The van der Waals surface area contributed by atoms with Gasteiger partial charge in [-0.15, -0.1) is 0 Å². The second-order valence-corrected chi connectivity index (χ2v) is 7.78. The second kappa shape index (κ2) is 5.93. The second-order valence-electron chi connectivity index (χ2n) is 4.94. The number of hydrogen-bond acceptors (Lipinski definition) is 3. The molecule has 0 amide bonds. The number of aromatic nitrogens is 2. The molecule has 0 bridgehead atoms. The van der Waals surface area contributed by atoms with Gasteiger partial charge >= 0.3 is 0 Å². The SMILES string of the molecule is CCn1cc(S(=O)(=O)NC2CCCCC2Br)nc1C. The van der Waals surface area contributed by atoms with Crippen molar-refractivity contribution in [3.8, 4) is 0 Å². The standard InChI is InChI=1S/C12H20BrN3O2S/c1-3-16-8-12(14-9(16)2)19(17,18)15-11-7-5-4-6-10(11)13/h8,10-11,15H,3-7H2,1-2H3. The summed E-state index contributed by atoms with van der Waals surface area (Å²) in [6.07, 6.45) is 5.71. The van der Waals surface area contributed by atoms with Gasteiger partial charge in [0, 0.05) is 23.6 Å². The molecule has 108 valence electrons. The predicted octanol–water partition coefficient (Wildman–Crippen LogP) is 2.20. The Labute approximate surface area is 123 Å². The van der Waals surface area contributed by atoms with Crippen LogP contribution in [0.4, 0.5) is 0 Å². The van der Waals surface area contributed by atoms with E-state index in [1.807, 2.05) is 18.4 Å². The van der Waals surface area contributed by atoms with Crippen LogP contribution in [-0.4, -0.2) is 28.8 Å².